The molecule has 2 aliphatic rings. The zero-order valence-electron chi connectivity index (χ0n) is 19.3. The zero-order valence-corrected chi connectivity index (χ0v) is 19.3. The zero-order chi connectivity index (χ0) is 24.2. The van der Waals surface area contributed by atoms with Crippen molar-refractivity contribution in [2.45, 2.75) is 38.3 Å². The van der Waals surface area contributed by atoms with Gasteiger partial charge in [-0.15, -0.1) is 0 Å². The van der Waals surface area contributed by atoms with Crippen molar-refractivity contribution in [2.75, 3.05) is 19.8 Å². The van der Waals surface area contributed by atoms with Crippen LogP contribution >= 0.6 is 0 Å². The molecule has 180 valence electrons. The highest BCUT2D eigenvalue weighted by Gasteiger charge is 2.37. The predicted octanol–water partition coefficient (Wildman–Crippen LogP) is 3.16. The fourth-order valence-corrected chi connectivity index (χ4v) is 4.68. The number of ether oxygens (including phenoxy) is 2. The van der Waals surface area contributed by atoms with Crippen LogP contribution in [0.4, 0.5) is 4.79 Å². The topological polar surface area (TPSA) is 114 Å². The van der Waals surface area contributed by atoms with Crippen LogP contribution in [0.3, 0.4) is 0 Å². The molecule has 2 aromatic carbocycles. The number of hydrogen-bond donors (Lipinski definition) is 3. The molecule has 1 heterocycles. The van der Waals surface area contributed by atoms with Crippen molar-refractivity contribution < 1.29 is 29.0 Å². The number of aliphatic carboxylic acids is 1. The Kier molecular flexibility index (Phi) is 7.17. The maximum Gasteiger partial charge on any atom is 0.407 e. The van der Waals surface area contributed by atoms with Gasteiger partial charge in [-0.1, -0.05) is 62.4 Å². The number of fused-ring (bicyclic) bond motifs is 3. The number of carbonyl (C=O) groups is 3. The Bertz CT molecular complexity index is 1020. The molecule has 3 atom stereocenters. The van der Waals surface area contributed by atoms with Gasteiger partial charge >= 0.3 is 12.1 Å². The van der Waals surface area contributed by atoms with E-state index in [4.69, 9.17) is 14.6 Å². The summed E-state index contributed by atoms with van der Waals surface area (Å²) in [5, 5.41) is 14.7. The van der Waals surface area contributed by atoms with Crippen LogP contribution in [0.1, 0.15) is 37.3 Å². The van der Waals surface area contributed by atoms with Gasteiger partial charge in [0.1, 0.15) is 6.61 Å². The van der Waals surface area contributed by atoms with Crippen LogP contribution in [0.2, 0.25) is 0 Å². The van der Waals surface area contributed by atoms with Gasteiger partial charge in [-0.25, -0.2) is 4.79 Å². The Labute approximate surface area is 198 Å². The average molecular weight is 467 g/mol. The molecule has 1 fully saturated rings. The van der Waals surface area contributed by atoms with Crippen molar-refractivity contribution in [3.05, 3.63) is 59.7 Å². The summed E-state index contributed by atoms with van der Waals surface area (Å²) in [4.78, 5) is 36.5. The van der Waals surface area contributed by atoms with E-state index in [2.05, 4.69) is 34.9 Å². The van der Waals surface area contributed by atoms with Crippen molar-refractivity contribution in [1.82, 2.24) is 10.6 Å². The van der Waals surface area contributed by atoms with Crippen molar-refractivity contribution in [3.63, 3.8) is 0 Å². The van der Waals surface area contributed by atoms with Crippen LogP contribution in [0.25, 0.3) is 11.1 Å². The maximum atomic E-state index is 12.8. The average Bonchev–Trinajstić information content (AvgIpc) is 3.39. The van der Waals surface area contributed by atoms with Crippen LogP contribution in [-0.2, 0) is 19.1 Å². The van der Waals surface area contributed by atoms with Crippen molar-refractivity contribution in [1.29, 1.82) is 0 Å². The van der Waals surface area contributed by atoms with Gasteiger partial charge in [-0.2, -0.15) is 0 Å². The number of rotatable bonds is 8. The molecule has 0 spiro atoms. The van der Waals surface area contributed by atoms with E-state index in [9.17, 15) is 14.4 Å². The van der Waals surface area contributed by atoms with Gasteiger partial charge in [-0.05, 0) is 28.2 Å². The van der Waals surface area contributed by atoms with Crippen LogP contribution in [0.15, 0.2) is 48.5 Å². The molecule has 2 amide bonds. The Morgan fingerprint density at radius 1 is 1.03 bits per heavy atom. The molecule has 0 radical (unpaired) electrons. The van der Waals surface area contributed by atoms with Crippen LogP contribution < -0.4 is 10.6 Å². The van der Waals surface area contributed by atoms with Crippen LogP contribution in [-0.4, -0.2) is 55.0 Å². The minimum atomic E-state index is -0.977. The van der Waals surface area contributed by atoms with E-state index >= 15 is 0 Å². The SMILES string of the molecule is CC(C)[C@H](CC(=O)O)NC(=O)C1COCC1NC(=O)OCC1c2ccccc2-c2ccccc21. The largest absolute Gasteiger partial charge is 0.481 e. The summed E-state index contributed by atoms with van der Waals surface area (Å²) in [6.45, 7) is 4.22. The minimum Gasteiger partial charge on any atom is -0.481 e. The molecule has 3 N–H and O–H groups in total. The standard InChI is InChI=1S/C26H30N2O6/c1-15(2)22(11-24(29)30)27-25(31)21-12-33-14-23(21)28-26(32)34-13-20-18-9-5-3-7-16(18)17-8-4-6-10-19(17)20/h3-10,15,20-23H,11-14H2,1-2H3,(H,27,31)(H,28,32)(H,29,30)/t21?,22-,23?/m0/s1. The number of hydrogen-bond acceptors (Lipinski definition) is 5. The molecule has 2 aromatic rings. The molecule has 0 aromatic heterocycles. The smallest absolute Gasteiger partial charge is 0.407 e. The quantitative estimate of drug-likeness (QED) is 0.551. The number of carbonyl (C=O) groups excluding carboxylic acids is 2. The molecule has 1 aliphatic heterocycles. The minimum absolute atomic E-state index is 0.0455. The Balaban J connectivity index is 1.36. The van der Waals surface area contributed by atoms with E-state index in [1.54, 1.807) is 0 Å². The van der Waals surface area contributed by atoms with Crippen molar-refractivity contribution >= 4 is 18.0 Å². The van der Waals surface area contributed by atoms with Gasteiger partial charge < -0.3 is 25.2 Å². The number of carboxylic acids is 1. The molecule has 1 aliphatic carbocycles. The fraction of sp³-hybridized carbons (Fsp3) is 0.423. The summed E-state index contributed by atoms with van der Waals surface area (Å²) in [5.41, 5.74) is 4.54. The Morgan fingerprint density at radius 2 is 1.65 bits per heavy atom. The molecule has 8 nitrogen and oxygen atoms in total. The summed E-state index contributed by atoms with van der Waals surface area (Å²) in [5.74, 6) is -2.03. The van der Waals surface area contributed by atoms with Gasteiger partial charge in [0.25, 0.3) is 0 Å². The number of benzene rings is 2. The molecule has 0 bridgehead atoms. The first kappa shape index (κ1) is 23.8. The lowest BCUT2D eigenvalue weighted by Gasteiger charge is -2.25. The lowest BCUT2D eigenvalue weighted by molar-refractivity contribution is -0.138. The highest BCUT2D eigenvalue weighted by atomic mass is 16.5. The Morgan fingerprint density at radius 3 is 2.24 bits per heavy atom. The number of alkyl carbamates (subject to hydrolysis) is 1. The summed E-state index contributed by atoms with van der Waals surface area (Å²) in [6.07, 6.45) is -0.775. The maximum absolute atomic E-state index is 12.8. The molecule has 2 unspecified atom stereocenters. The van der Waals surface area contributed by atoms with E-state index in [1.807, 2.05) is 38.1 Å². The van der Waals surface area contributed by atoms with Crippen molar-refractivity contribution in [3.8, 4) is 11.1 Å². The molecule has 4 rings (SSSR count). The molecule has 0 saturated carbocycles. The van der Waals surface area contributed by atoms with E-state index in [-0.39, 0.29) is 44.0 Å². The highest BCUT2D eigenvalue weighted by molar-refractivity contribution is 5.82. The summed E-state index contributed by atoms with van der Waals surface area (Å²) in [6, 6.07) is 15.1. The van der Waals surface area contributed by atoms with Gasteiger partial charge in [-0.3, -0.25) is 9.59 Å². The van der Waals surface area contributed by atoms with Gasteiger partial charge in [0.15, 0.2) is 0 Å². The summed E-state index contributed by atoms with van der Waals surface area (Å²) >= 11 is 0. The number of nitrogens with one attached hydrogen (secondary N) is 2. The Hall–Kier alpha value is -3.39. The van der Waals surface area contributed by atoms with E-state index in [0.29, 0.717) is 0 Å². The number of amides is 2. The van der Waals surface area contributed by atoms with Gasteiger partial charge in [0, 0.05) is 12.0 Å². The highest BCUT2D eigenvalue weighted by Crippen LogP contribution is 2.44. The van der Waals surface area contributed by atoms with E-state index in [1.165, 1.54) is 0 Å². The van der Waals surface area contributed by atoms with E-state index < -0.39 is 30.1 Å². The normalized spacial score (nSPS) is 19.9. The third kappa shape index (κ3) is 5.07. The third-order valence-corrected chi connectivity index (χ3v) is 6.59. The van der Waals surface area contributed by atoms with E-state index in [0.717, 1.165) is 22.3 Å². The van der Waals surface area contributed by atoms with Crippen LogP contribution in [0.5, 0.6) is 0 Å². The lowest BCUT2D eigenvalue weighted by Crippen LogP contribution is -2.50. The molecular weight excluding hydrogens is 436 g/mol. The van der Waals surface area contributed by atoms with Crippen LogP contribution in [0, 0.1) is 11.8 Å². The third-order valence-electron chi connectivity index (χ3n) is 6.59. The first-order valence-electron chi connectivity index (χ1n) is 11.6. The first-order chi connectivity index (χ1) is 16.3. The van der Waals surface area contributed by atoms with Crippen molar-refractivity contribution in [2.24, 2.45) is 11.8 Å². The molecule has 1 saturated heterocycles. The summed E-state index contributed by atoms with van der Waals surface area (Å²) < 4.78 is 11.0. The predicted molar refractivity (Wildman–Crippen MR) is 125 cm³/mol. The molecular formula is C26H30N2O6. The van der Waals surface area contributed by atoms with Gasteiger partial charge in [0.2, 0.25) is 5.91 Å². The second-order valence-electron chi connectivity index (χ2n) is 9.18. The van der Waals surface area contributed by atoms with Gasteiger partial charge in [0.05, 0.1) is 31.6 Å². The molecule has 34 heavy (non-hydrogen) atoms. The lowest BCUT2D eigenvalue weighted by atomic mass is 9.97. The molecule has 8 heteroatoms. The second-order valence-corrected chi connectivity index (χ2v) is 9.18. The monoisotopic (exact) mass is 466 g/mol. The second kappa shape index (κ2) is 10.3. The fourth-order valence-electron chi connectivity index (χ4n) is 4.68. The summed E-state index contributed by atoms with van der Waals surface area (Å²) in [7, 11) is 0. The first-order valence-corrected chi connectivity index (χ1v) is 11.6. The number of carboxylic acid groups (broad SMARTS) is 1.